The summed E-state index contributed by atoms with van der Waals surface area (Å²) in [5, 5.41) is 4.44. The molecule has 2 aromatic carbocycles. The largest absolute Gasteiger partial charge is 0.416 e. The quantitative estimate of drug-likeness (QED) is 0.676. The van der Waals surface area contributed by atoms with Crippen molar-refractivity contribution in [1.82, 2.24) is 10.3 Å². The standard InChI is InChI=1S/C19H14F3N3O2S/c20-19(21,22)14-6-2-5-13(8-14)18-25-15(10-28-18)17(27)24-9-11-3-1-4-12(7-11)16(23)26/h1-8,10H,9H2,(H2,23,26)(H,24,27). The fourth-order valence-electron chi connectivity index (χ4n) is 2.45. The minimum absolute atomic E-state index is 0.100. The van der Waals surface area contributed by atoms with E-state index in [2.05, 4.69) is 10.3 Å². The van der Waals surface area contributed by atoms with Crippen LogP contribution in [0, 0.1) is 0 Å². The lowest BCUT2D eigenvalue weighted by molar-refractivity contribution is -0.137. The minimum Gasteiger partial charge on any atom is -0.366 e. The average Bonchev–Trinajstić information content (AvgIpc) is 3.16. The van der Waals surface area contributed by atoms with Gasteiger partial charge in [0.15, 0.2) is 0 Å². The Kier molecular flexibility index (Phi) is 5.46. The zero-order valence-corrected chi connectivity index (χ0v) is 15.1. The van der Waals surface area contributed by atoms with Crippen molar-refractivity contribution in [3.05, 3.63) is 76.3 Å². The van der Waals surface area contributed by atoms with Crippen molar-refractivity contribution in [1.29, 1.82) is 0 Å². The number of nitrogens with two attached hydrogens (primary N) is 1. The van der Waals surface area contributed by atoms with Crippen LogP contribution in [0.15, 0.2) is 53.9 Å². The van der Waals surface area contributed by atoms with Crippen LogP contribution in [0.4, 0.5) is 13.2 Å². The van der Waals surface area contributed by atoms with Gasteiger partial charge in [-0.3, -0.25) is 9.59 Å². The summed E-state index contributed by atoms with van der Waals surface area (Å²) >= 11 is 1.08. The molecule has 0 aliphatic heterocycles. The maximum absolute atomic E-state index is 12.8. The number of thiazole rings is 1. The molecule has 0 radical (unpaired) electrons. The van der Waals surface area contributed by atoms with Crippen LogP contribution in [0.5, 0.6) is 0 Å². The molecule has 0 fully saturated rings. The van der Waals surface area contributed by atoms with Crippen LogP contribution in [0.2, 0.25) is 0 Å². The number of primary amides is 1. The van der Waals surface area contributed by atoms with Crippen molar-refractivity contribution >= 4 is 23.2 Å². The number of hydrogen-bond acceptors (Lipinski definition) is 4. The molecular formula is C19H14F3N3O2S. The van der Waals surface area contributed by atoms with E-state index in [1.54, 1.807) is 24.3 Å². The van der Waals surface area contributed by atoms with E-state index in [1.165, 1.54) is 17.5 Å². The topological polar surface area (TPSA) is 85.1 Å². The van der Waals surface area contributed by atoms with Crippen molar-refractivity contribution in [2.45, 2.75) is 12.7 Å². The number of carbonyl (C=O) groups excluding carboxylic acids is 2. The Hall–Kier alpha value is -3.20. The summed E-state index contributed by atoms with van der Waals surface area (Å²) in [6.07, 6.45) is -4.45. The lowest BCUT2D eigenvalue weighted by Gasteiger charge is -2.07. The Morgan fingerprint density at radius 1 is 1.11 bits per heavy atom. The van der Waals surface area contributed by atoms with E-state index >= 15 is 0 Å². The molecule has 0 spiro atoms. The maximum atomic E-state index is 12.8. The predicted octanol–water partition coefficient (Wildman–Crippen LogP) is 3.86. The highest BCUT2D eigenvalue weighted by molar-refractivity contribution is 7.13. The minimum atomic E-state index is -4.45. The molecule has 0 aliphatic rings. The third-order valence-electron chi connectivity index (χ3n) is 3.84. The van der Waals surface area contributed by atoms with Crippen LogP contribution in [-0.2, 0) is 12.7 Å². The first kappa shape index (κ1) is 19.6. The predicted molar refractivity (Wildman–Crippen MR) is 98.7 cm³/mol. The molecule has 0 saturated carbocycles. The van der Waals surface area contributed by atoms with E-state index < -0.39 is 23.6 Å². The number of carbonyl (C=O) groups is 2. The van der Waals surface area contributed by atoms with Crippen molar-refractivity contribution < 1.29 is 22.8 Å². The van der Waals surface area contributed by atoms with Crippen molar-refractivity contribution in [3.63, 3.8) is 0 Å². The lowest BCUT2D eigenvalue weighted by Crippen LogP contribution is -2.23. The zero-order chi connectivity index (χ0) is 20.3. The Morgan fingerprint density at radius 3 is 2.57 bits per heavy atom. The normalized spacial score (nSPS) is 11.2. The van der Waals surface area contributed by atoms with Gasteiger partial charge in [0.25, 0.3) is 5.91 Å². The summed E-state index contributed by atoms with van der Waals surface area (Å²) in [5.74, 6) is -1.04. The number of halogens is 3. The van der Waals surface area contributed by atoms with E-state index in [-0.39, 0.29) is 17.8 Å². The van der Waals surface area contributed by atoms with Gasteiger partial charge in [-0.05, 0) is 29.8 Å². The smallest absolute Gasteiger partial charge is 0.366 e. The van der Waals surface area contributed by atoms with Gasteiger partial charge in [-0.2, -0.15) is 13.2 Å². The van der Waals surface area contributed by atoms with Gasteiger partial charge >= 0.3 is 6.18 Å². The molecule has 2 amide bonds. The summed E-state index contributed by atoms with van der Waals surface area (Å²) in [7, 11) is 0. The molecule has 3 aromatic rings. The number of nitrogens with one attached hydrogen (secondary N) is 1. The van der Waals surface area contributed by atoms with Crippen molar-refractivity contribution in [2.75, 3.05) is 0 Å². The number of aromatic nitrogens is 1. The zero-order valence-electron chi connectivity index (χ0n) is 14.3. The molecular weight excluding hydrogens is 391 g/mol. The third kappa shape index (κ3) is 4.55. The number of benzene rings is 2. The van der Waals surface area contributed by atoms with Gasteiger partial charge < -0.3 is 11.1 Å². The maximum Gasteiger partial charge on any atom is 0.416 e. The summed E-state index contributed by atoms with van der Waals surface area (Å²) in [4.78, 5) is 27.6. The SMILES string of the molecule is NC(=O)c1cccc(CNC(=O)c2csc(-c3cccc(C(F)(F)F)c3)n2)c1. The molecule has 1 heterocycles. The summed E-state index contributed by atoms with van der Waals surface area (Å²) in [6.45, 7) is 0.149. The summed E-state index contributed by atoms with van der Waals surface area (Å²) in [5.41, 5.74) is 5.83. The van der Waals surface area contributed by atoms with Gasteiger partial charge in [-0.1, -0.05) is 24.3 Å². The molecule has 144 valence electrons. The second-order valence-electron chi connectivity index (χ2n) is 5.86. The summed E-state index contributed by atoms with van der Waals surface area (Å²) < 4.78 is 38.5. The first-order chi connectivity index (χ1) is 13.2. The van der Waals surface area contributed by atoms with Crippen molar-refractivity contribution in [2.24, 2.45) is 5.73 Å². The highest BCUT2D eigenvalue weighted by atomic mass is 32.1. The molecule has 1 aromatic heterocycles. The average molecular weight is 405 g/mol. The van der Waals surface area contributed by atoms with Crippen LogP contribution in [0.25, 0.3) is 10.6 Å². The first-order valence-corrected chi connectivity index (χ1v) is 8.92. The lowest BCUT2D eigenvalue weighted by atomic mass is 10.1. The molecule has 0 atom stereocenters. The van der Waals surface area contributed by atoms with Gasteiger partial charge in [0.2, 0.25) is 5.91 Å². The van der Waals surface area contributed by atoms with Crippen LogP contribution < -0.4 is 11.1 Å². The second kappa shape index (κ2) is 7.81. The summed E-state index contributed by atoms with van der Waals surface area (Å²) in [6, 6.07) is 11.3. The van der Waals surface area contributed by atoms with Crippen LogP contribution in [-0.4, -0.2) is 16.8 Å². The number of alkyl halides is 3. The Bertz CT molecular complexity index is 1030. The molecule has 0 saturated heterocycles. The molecule has 0 bridgehead atoms. The van der Waals surface area contributed by atoms with Gasteiger partial charge in [-0.15, -0.1) is 11.3 Å². The Labute approximate surface area is 162 Å². The number of rotatable bonds is 5. The molecule has 9 heteroatoms. The number of amides is 2. The highest BCUT2D eigenvalue weighted by Gasteiger charge is 2.30. The highest BCUT2D eigenvalue weighted by Crippen LogP contribution is 2.33. The third-order valence-corrected chi connectivity index (χ3v) is 4.73. The van der Waals surface area contributed by atoms with E-state index in [0.29, 0.717) is 16.1 Å². The Morgan fingerprint density at radius 2 is 1.86 bits per heavy atom. The second-order valence-corrected chi connectivity index (χ2v) is 6.72. The van der Waals surface area contributed by atoms with E-state index in [4.69, 9.17) is 5.73 Å². The molecule has 3 N–H and O–H groups in total. The van der Waals surface area contributed by atoms with E-state index in [1.807, 2.05) is 0 Å². The van der Waals surface area contributed by atoms with Crippen LogP contribution >= 0.6 is 11.3 Å². The van der Waals surface area contributed by atoms with E-state index in [0.717, 1.165) is 23.5 Å². The fraction of sp³-hybridized carbons (Fsp3) is 0.105. The van der Waals surface area contributed by atoms with Gasteiger partial charge in [0.05, 0.1) is 5.56 Å². The number of nitrogens with zero attached hydrogens (tertiary/aromatic N) is 1. The molecule has 5 nitrogen and oxygen atoms in total. The molecule has 3 rings (SSSR count). The molecule has 0 aliphatic carbocycles. The monoisotopic (exact) mass is 405 g/mol. The van der Waals surface area contributed by atoms with Crippen LogP contribution in [0.3, 0.4) is 0 Å². The van der Waals surface area contributed by atoms with Gasteiger partial charge in [0.1, 0.15) is 10.7 Å². The van der Waals surface area contributed by atoms with Gasteiger partial charge in [-0.25, -0.2) is 4.98 Å². The first-order valence-electron chi connectivity index (χ1n) is 8.04. The number of hydrogen-bond donors (Lipinski definition) is 2. The molecule has 0 unspecified atom stereocenters. The van der Waals surface area contributed by atoms with Crippen LogP contribution in [0.1, 0.15) is 32.0 Å². The van der Waals surface area contributed by atoms with E-state index in [9.17, 15) is 22.8 Å². The molecule has 28 heavy (non-hydrogen) atoms. The Balaban J connectivity index is 1.71. The fourth-order valence-corrected chi connectivity index (χ4v) is 3.24. The van der Waals surface area contributed by atoms with Crippen molar-refractivity contribution in [3.8, 4) is 10.6 Å². The van der Waals surface area contributed by atoms with Gasteiger partial charge in [0, 0.05) is 23.1 Å².